The molecule has 2 aromatic heterocycles. The van der Waals surface area contributed by atoms with Gasteiger partial charge in [-0.1, -0.05) is 31.5 Å². The van der Waals surface area contributed by atoms with E-state index >= 15 is 0 Å². The molecule has 33 heavy (non-hydrogen) atoms. The van der Waals surface area contributed by atoms with Crippen LogP contribution in [0.1, 0.15) is 48.0 Å². The average molecular weight is 478 g/mol. The normalized spacial score (nSPS) is 13.8. The van der Waals surface area contributed by atoms with E-state index in [-0.39, 0.29) is 24.1 Å². The van der Waals surface area contributed by atoms with Gasteiger partial charge in [0.2, 0.25) is 0 Å². The summed E-state index contributed by atoms with van der Waals surface area (Å²) in [5, 5.41) is 3.41. The van der Waals surface area contributed by atoms with Crippen LogP contribution >= 0.6 is 12.4 Å². The molecule has 1 aliphatic heterocycles. The third-order valence-corrected chi connectivity index (χ3v) is 5.58. The van der Waals surface area contributed by atoms with Crippen molar-refractivity contribution in [3.63, 3.8) is 0 Å². The molecule has 0 aliphatic carbocycles. The standard InChI is InChI=1S/C24H26F3N5.ClH/c1-15(2)21-30-20-11-14-32(23-19(24(25,26)27)5-4-12-28-23)13-10-18(20)22(31-21)29-17-8-6-16(3)7-9-17;/h4-9,12,15H,10-11,13-14H2,1-3H3,(H,29,30,31);1H. The highest BCUT2D eigenvalue weighted by molar-refractivity contribution is 5.85. The zero-order valence-corrected chi connectivity index (χ0v) is 19.6. The van der Waals surface area contributed by atoms with Crippen molar-refractivity contribution >= 4 is 29.7 Å². The Morgan fingerprint density at radius 3 is 2.36 bits per heavy atom. The van der Waals surface area contributed by atoms with Crippen molar-refractivity contribution in [2.45, 2.75) is 45.7 Å². The maximum atomic E-state index is 13.5. The zero-order chi connectivity index (χ0) is 22.9. The van der Waals surface area contributed by atoms with Gasteiger partial charge in [-0.15, -0.1) is 12.4 Å². The molecule has 0 unspecified atom stereocenters. The number of pyridine rings is 1. The van der Waals surface area contributed by atoms with E-state index in [1.54, 1.807) is 4.90 Å². The number of rotatable bonds is 4. The Labute approximate surface area is 197 Å². The van der Waals surface area contributed by atoms with Gasteiger partial charge >= 0.3 is 6.18 Å². The van der Waals surface area contributed by atoms with Crippen LogP contribution in [-0.2, 0) is 19.0 Å². The van der Waals surface area contributed by atoms with Gasteiger partial charge in [-0.05, 0) is 37.6 Å². The van der Waals surface area contributed by atoms with Gasteiger partial charge in [0.05, 0.1) is 11.3 Å². The highest BCUT2D eigenvalue weighted by Gasteiger charge is 2.36. The van der Waals surface area contributed by atoms with Gasteiger partial charge in [0, 0.05) is 42.9 Å². The predicted octanol–water partition coefficient (Wildman–Crippen LogP) is 6.09. The summed E-state index contributed by atoms with van der Waals surface area (Å²) in [6.45, 7) is 6.90. The summed E-state index contributed by atoms with van der Waals surface area (Å²) < 4.78 is 40.6. The van der Waals surface area contributed by atoms with Crippen LogP contribution in [0.5, 0.6) is 0 Å². The Kier molecular flexibility index (Phi) is 7.47. The third-order valence-electron chi connectivity index (χ3n) is 5.58. The molecule has 0 radical (unpaired) electrons. The minimum Gasteiger partial charge on any atom is -0.355 e. The topological polar surface area (TPSA) is 53.9 Å². The van der Waals surface area contributed by atoms with Gasteiger partial charge in [-0.3, -0.25) is 0 Å². The number of nitrogens with one attached hydrogen (secondary N) is 1. The summed E-state index contributed by atoms with van der Waals surface area (Å²) in [7, 11) is 0. The molecular weight excluding hydrogens is 451 g/mol. The number of hydrogen-bond donors (Lipinski definition) is 1. The minimum absolute atomic E-state index is 0. The molecule has 0 spiro atoms. The fourth-order valence-electron chi connectivity index (χ4n) is 3.84. The molecule has 5 nitrogen and oxygen atoms in total. The number of nitrogens with zero attached hydrogens (tertiary/aromatic N) is 4. The summed E-state index contributed by atoms with van der Waals surface area (Å²) >= 11 is 0. The Morgan fingerprint density at radius 2 is 1.70 bits per heavy atom. The van der Waals surface area contributed by atoms with Crippen LogP contribution in [0.2, 0.25) is 0 Å². The number of anilines is 3. The molecule has 1 N–H and O–H groups in total. The van der Waals surface area contributed by atoms with Crippen molar-refractivity contribution in [1.29, 1.82) is 0 Å². The number of alkyl halides is 3. The predicted molar refractivity (Wildman–Crippen MR) is 127 cm³/mol. The van der Waals surface area contributed by atoms with Gasteiger partial charge in [0.1, 0.15) is 17.5 Å². The molecule has 3 heterocycles. The molecule has 4 rings (SSSR count). The lowest BCUT2D eigenvalue weighted by Gasteiger charge is -2.24. The zero-order valence-electron chi connectivity index (χ0n) is 18.8. The number of hydrogen-bond acceptors (Lipinski definition) is 5. The van der Waals surface area contributed by atoms with Gasteiger partial charge in [-0.2, -0.15) is 13.2 Å². The molecule has 9 heteroatoms. The summed E-state index contributed by atoms with van der Waals surface area (Å²) in [6.07, 6.45) is -2.00. The highest BCUT2D eigenvalue weighted by Crippen LogP contribution is 2.36. The Bertz CT molecular complexity index is 1100. The maximum absolute atomic E-state index is 13.5. The molecule has 3 aromatic rings. The van der Waals surface area contributed by atoms with E-state index in [2.05, 4.69) is 10.3 Å². The van der Waals surface area contributed by atoms with Crippen molar-refractivity contribution in [3.05, 3.63) is 70.8 Å². The van der Waals surface area contributed by atoms with E-state index in [1.807, 2.05) is 45.0 Å². The molecule has 0 fully saturated rings. The molecule has 176 valence electrons. The van der Waals surface area contributed by atoms with Crippen LogP contribution in [0.15, 0.2) is 42.6 Å². The first-order valence-electron chi connectivity index (χ1n) is 10.7. The molecule has 0 saturated heterocycles. The van der Waals surface area contributed by atoms with Crippen molar-refractivity contribution in [3.8, 4) is 0 Å². The fraction of sp³-hybridized carbons (Fsp3) is 0.375. The van der Waals surface area contributed by atoms with E-state index in [1.165, 1.54) is 12.3 Å². The molecule has 0 saturated carbocycles. The first kappa shape index (κ1) is 24.8. The number of aryl methyl sites for hydroxylation is 1. The fourth-order valence-corrected chi connectivity index (χ4v) is 3.84. The SMILES string of the molecule is Cc1ccc(Nc2nc(C(C)C)nc3c2CCN(c2ncccc2C(F)(F)F)CC3)cc1.Cl. The van der Waals surface area contributed by atoms with Crippen molar-refractivity contribution < 1.29 is 13.2 Å². The Balaban J connectivity index is 0.00000306. The second kappa shape index (κ2) is 9.95. The van der Waals surface area contributed by atoms with Crippen LogP contribution < -0.4 is 10.2 Å². The number of benzene rings is 1. The van der Waals surface area contributed by atoms with Gasteiger partial charge in [-0.25, -0.2) is 15.0 Å². The van der Waals surface area contributed by atoms with Crippen LogP contribution in [0.4, 0.5) is 30.5 Å². The molecule has 0 amide bonds. The van der Waals surface area contributed by atoms with E-state index in [9.17, 15) is 13.2 Å². The van der Waals surface area contributed by atoms with Crippen LogP contribution in [0.25, 0.3) is 0 Å². The van der Waals surface area contributed by atoms with Crippen LogP contribution in [0.3, 0.4) is 0 Å². The molecule has 1 aliphatic rings. The molecule has 0 bridgehead atoms. The van der Waals surface area contributed by atoms with E-state index in [4.69, 9.17) is 9.97 Å². The van der Waals surface area contributed by atoms with Crippen LogP contribution in [-0.4, -0.2) is 28.0 Å². The smallest absolute Gasteiger partial charge is 0.355 e. The number of halogens is 4. The van der Waals surface area contributed by atoms with Crippen molar-refractivity contribution in [2.75, 3.05) is 23.3 Å². The van der Waals surface area contributed by atoms with Gasteiger partial charge < -0.3 is 10.2 Å². The van der Waals surface area contributed by atoms with Gasteiger partial charge in [0.15, 0.2) is 0 Å². The van der Waals surface area contributed by atoms with Crippen LogP contribution in [0, 0.1) is 6.92 Å². The van der Waals surface area contributed by atoms with Crippen molar-refractivity contribution in [1.82, 2.24) is 15.0 Å². The van der Waals surface area contributed by atoms with Crippen molar-refractivity contribution in [2.24, 2.45) is 0 Å². The summed E-state index contributed by atoms with van der Waals surface area (Å²) in [6, 6.07) is 10.4. The first-order valence-corrected chi connectivity index (χ1v) is 10.7. The number of fused-ring (bicyclic) bond motifs is 1. The average Bonchev–Trinajstić information content (AvgIpc) is 2.97. The molecule has 0 atom stereocenters. The van der Waals surface area contributed by atoms with E-state index in [0.717, 1.165) is 40.2 Å². The largest absolute Gasteiger partial charge is 0.419 e. The lowest BCUT2D eigenvalue weighted by atomic mass is 10.1. The minimum atomic E-state index is -4.45. The lowest BCUT2D eigenvalue weighted by Crippen LogP contribution is -2.29. The Hall–Kier alpha value is -2.87. The van der Waals surface area contributed by atoms with E-state index in [0.29, 0.717) is 25.9 Å². The molecular formula is C24H27ClF3N5. The summed E-state index contributed by atoms with van der Waals surface area (Å²) in [4.78, 5) is 15.3. The monoisotopic (exact) mass is 477 g/mol. The third kappa shape index (κ3) is 5.55. The van der Waals surface area contributed by atoms with Gasteiger partial charge in [0.25, 0.3) is 0 Å². The summed E-state index contributed by atoms with van der Waals surface area (Å²) in [5.74, 6) is 1.55. The lowest BCUT2D eigenvalue weighted by molar-refractivity contribution is -0.137. The van der Waals surface area contributed by atoms with E-state index < -0.39 is 11.7 Å². The second-order valence-corrected chi connectivity index (χ2v) is 8.36. The number of aromatic nitrogens is 3. The highest BCUT2D eigenvalue weighted by atomic mass is 35.5. The first-order chi connectivity index (χ1) is 15.2. The quantitative estimate of drug-likeness (QED) is 0.492. The maximum Gasteiger partial charge on any atom is 0.419 e. The Morgan fingerprint density at radius 1 is 1.00 bits per heavy atom. The molecule has 1 aromatic carbocycles. The second-order valence-electron chi connectivity index (χ2n) is 8.36. The summed E-state index contributed by atoms with van der Waals surface area (Å²) in [5.41, 5.74) is 3.19.